The third-order valence-corrected chi connectivity index (χ3v) is 4.24. The fourth-order valence-corrected chi connectivity index (χ4v) is 2.91. The van der Waals surface area contributed by atoms with Crippen LogP contribution in [0.25, 0.3) is 0 Å². The van der Waals surface area contributed by atoms with E-state index in [4.69, 9.17) is 4.74 Å². The van der Waals surface area contributed by atoms with Gasteiger partial charge in [-0.1, -0.05) is 0 Å². The lowest BCUT2D eigenvalue weighted by molar-refractivity contribution is 0.184. The second kappa shape index (κ2) is 7.76. The van der Waals surface area contributed by atoms with Gasteiger partial charge in [0.25, 0.3) is 0 Å². The molecule has 1 saturated heterocycles. The number of nitrogens with zero attached hydrogens (tertiary/aromatic N) is 4. The van der Waals surface area contributed by atoms with Crippen LogP contribution in [0.4, 0.5) is 0 Å². The van der Waals surface area contributed by atoms with E-state index in [1.807, 2.05) is 12.5 Å². The number of aromatic nitrogens is 2. The maximum absolute atomic E-state index is 5.15. The van der Waals surface area contributed by atoms with Crippen LogP contribution in [0.2, 0.25) is 0 Å². The molecular weight excluding hydrogens is 252 g/mol. The van der Waals surface area contributed by atoms with Crippen molar-refractivity contribution in [2.75, 3.05) is 40.9 Å². The molecule has 114 valence electrons. The molecule has 2 rings (SSSR count). The first-order valence-electron chi connectivity index (χ1n) is 7.57. The maximum Gasteiger partial charge on any atom is 0.0949 e. The van der Waals surface area contributed by atoms with E-state index in [1.165, 1.54) is 38.0 Å². The molecule has 1 aromatic heterocycles. The average Bonchev–Trinajstić information content (AvgIpc) is 2.71. The largest absolute Gasteiger partial charge is 0.383 e. The molecule has 5 heteroatoms. The highest BCUT2D eigenvalue weighted by Gasteiger charge is 2.19. The van der Waals surface area contributed by atoms with E-state index in [0.717, 1.165) is 25.7 Å². The van der Waals surface area contributed by atoms with Gasteiger partial charge >= 0.3 is 0 Å². The van der Waals surface area contributed by atoms with Crippen LogP contribution in [-0.4, -0.2) is 66.3 Å². The van der Waals surface area contributed by atoms with Crippen molar-refractivity contribution in [3.8, 4) is 0 Å². The maximum atomic E-state index is 5.15. The first kappa shape index (κ1) is 15.5. The minimum Gasteiger partial charge on any atom is -0.383 e. The van der Waals surface area contributed by atoms with Crippen molar-refractivity contribution in [3.05, 3.63) is 18.2 Å². The Labute approximate surface area is 122 Å². The van der Waals surface area contributed by atoms with Gasteiger partial charge in [0, 0.05) is 39.0 Å². The highest BCUT2D eigenvalue weighted by molar-refractivity contribution is 4.98. The zero-order valence-electron chi connectivity index (χ0n) is 13.1. The van der Waals surface area contributed by atoms with Gasteiger partial charge in [-0.05, 0) is 39.9 Å². The van der Waals surface area contributed by atoms with Crippen molar-refractivity contribution in [2.24, 2.45) is 0 Å². The molecule has 0 saturated carbocycles. The van der Waals surface area contributed by atoms with Crippen LogP contribution in [0.15, 0.2) is 12.5 Å². The average molecular weight is 280 g/mol. The summed E-state index contributed by atoms with van der Waals surface area (Å²) in [5.41, 5.74) is 1.30. The topological polar surface area (TPSA) is 33.5 Å². The van der Waals surface area contributed by atoms with Crippen LogP contribution in [0, 0.1) is 0 Å². The standard InChI is InChI=1S/C15H28N4O/c1-17(2)14-5-4-7-18(8-6-14)12-15-11-16-13-19(15)9-10-20-3/h11,13-14H,4-10,12H2,1-3H3/t14-/m1/s1. The minimum absolute atomic E-state index is 0.735. The Kier molecular flexibility index (Phi) is 6.01. The molecule has 0 amide bonds. The lowest BCUT2D eigenvalue weighted by atomic mass is 10.1. The number of imidazole rings is 1. The predicted octanol–water partition coefficient (Wildman–Crippen LogP) is 1.45. The Balaban J connectivity index is 1.88. The molecule has 1 aromatic rings. The molecule has 5 nitrogen and oxygen atoms in total. The smallest absolute Gasteiger partial charge is 0.0949 e. The summed E-state index contributed by atoms with van der Waals surface area (Å²) < 4.78 is 7.36. The van der Waals surface area contributed by atoms with Crippen LogP contribution in [0.1, 0.15) is 25.0 Å². The van der Waals surface area contributed by atoms with Crippen LogP contribution >= 0.6 is 0 Å². The molecule has 20 heavy (non-hydrogen) atoms. The molecular formula is C15H28N4O. The lowest BCUT2D eigenvalue weighted by Crippen LogP contribution is -2.30. The van der Waals surface area contributed by atoms with Gasteiger partial charge in [-0.15, -0.1) is 0 Å². The van der Waals surface area contributed by atoms with Gasteiger partial charge in [-0.25, -0.2) is 4.98 Å². The van der Waals surface area contributed by atoms with Crippen molar-refractivity contribution in [3.63, 3.8) is 0 Å². The quantitative estimate of drug-likeness (QED) is 0.790. The minimum atomic E-state index is 0.735. The molecule has 1 aliphatic heterocycles. The predicted molar refractivity (Wildman–Crippen MR) is 80.7 cm³/mol. The number of rotatable bonds is 6. The van der Waals surface area contributed by atoms with E-state index in [-0.39, 0.29) is 0 Å². The second-order valence-electron chi connectivity index (χ2n) is 5.90. The Bertz CT molecular complexity index is 391. The van der Waals surface area contributed by atoms with E-state index < -0.39 is 0 Å². The van der Waals surface area contributed by atoms with Crippen molar-refractivity contribution in [1.82, 2.24) is 19.4 Å². The van der Waals surface area contributed by atoms with Crippen molar-refractivity contribution in [2.45, 2.75) is 38.4 Å². The van der Waals surface area contributed by atoms with Crippen molar-refractivity contribution >= 4 is 0 Å². The van der Waals surface area contributed by atoms with E-state index in [0.29, 0.717) is 0 Å². The molecule has 0 N–H and O–H groups in total. The number of ether oxygens (including phenoxy) is 1. The van der Waals surface area contributed by atoms with Gasteiger partial charge < -0.3 is 14.2 Å². The Morgan fingerprint density at radius 1 is 1.35 bits per heavy atom. The van der Waals surface area contributed by atoms with Crippen LogP contribution < -0.4 is 0 Å². The highest BCUT2D eigenvalue weighted by atomic mass is 16.5. The first-order chi connectivity index (χ1) is 9.70. The summed E-state index contributed by atoms with van der Waals surface area (Å²) in [5.74, 6) is 0. The summed E-state index contributed by atoms with van der Waals surface area (Å²) in [4.78, 5) is 9.21. The number of hydrogen-bond acceptors (Lipinski definition) is 4. The van der Waals surface area contributed by atoms with Crippen molar-refractivity contribution < 1.29 is 4.74 Å². The number of methoxy groups -OCH3 is 1. The van der Waals surface area contributed by atoms with E-state index in [1.54, 1.807) is 7.11 Å². The van der Waals surface area contributed by atoms with E-state index >= 15 is 0 Å². The summed E-state index contributed by atoms with van der Waals surface area (Å²) >= 11 is 0. The molecule has 0 spiro atoms. The first-order valence-corrected chi connectivity index (χ1v) is 7.57. The molecule has 1 fully saturated rings. The lowest BCUT2D eigenvalue weighted by Gasteiger charge is -2.23. The zero-order chi connectivity index (χ0) is 14.4. The molecule has 0 aromatic carbocycles. The van der Waals surface area contributed by atoms with Gasteiger partial charge in [0.2, 0.25) is 0 Å². The Morgan fingerprint density at radius 3 is 2.95 bits per heavy atom. The number of hydrogen-bond donors (Lipinski definition) is 0. The SMILES string of the molecule is COCCn1cncc1CN1CCC[C@@H](N(C)C)CC1. The van der Waals surface area contributed by atoms with Crippen LogP contribution in [0.3, 0.4) is 0 Å². The monoisotopic (exact) mass is 280 g/mol. The fourth-order valence-electron chi connectivity index (χ4n) is 2.91. The van der Waals surface area contributed by atoms with Gasteiger partial charge in [0.1, 0.15) is 0 Å². The Morgan fingerprint density at radius 2 is 2.20 bits per heavy atom. The second-order valence-corrected chi connectivity index (χ2v) is 5.90. The summed E-state index contributed by atoms with van der Waals surface area (Å²) in [6.07, 6.45) is 7.76. The summed E-state index contributed by atoms with van der Waals surface area (Å²) in [7, 11) is 6.13. The summed E-state index contributed by atoms with van der Waals surface area (Å²) in [5, 5.41) is 0. The molecule has 0 aliphatic carbocycles. The highest BCUT2D eigenvalue weighted by Crippen LogP contribution is 2.16. The van der Waals surface area contributed by atoms with Gasteiger partial charge in [-0.3, -0.25) is 4.90 Å². The zero-order valence-corrected chi connectivity index (χ0v) is 13.1. The molecule has 0 radical (unpaired) electrons. The van der Waals surface area contributed by atoms with Gasteiger partial charge in [-0.2, -0.15) is 0 Å². The van der Waals surface area contributed by atoms with Crippen molar-refractivity contribution in [1.29, 1.82) is 0 Å². The van der Waals surface area contributed by atoms with E-state index in [2.05, 4.69) is 33.4 Å². The fraction of sp³-hybridized carbons (Fsp3) is 0.800. The molecule has 1 atom stereocenters. The molecule has 1 aliphatic rings. The van der Waals surface area contributed by atoms with E-state index in [9.17, 15) is 0 Å². The normalized spacial score (nSPS) is 21.3. The third kappa shape index (κ3) is 4.30. The van der Waals surface area contributed by atoms with Crippen LogP contribution in [-0.2, 0) is 17.8 Å². The molecule has 0 bridgehead atoms. The third-order valence-electron chi connectivity index (χ3n) is 4.24. The summed E-state index contributed by atoms with van der Waals surface area (Å²) in [6, 6.07) is 0.735. The van der Waals surface area contributed by atoms with Gasteiger partial charge in [0.15, 0.2) is 0 Å². The molecule has 0 unspecified atom stereocenters. The number of likely N-dealkylation sites (tertiary alicyclic amines) is 1. The summed E-state index contributed by atoms with van der Waals surface area (Å²) in [6.45, 7) is 5.01. The Hall–Kier alpha value is -0.910. The van der Waals surface area contributed by atoms with Crippen LogP contribution in [0.5, 0.6) is 0 Å². The molecule has 2 heterocycles. The van der Waals surface area contributed by atoms with Gasteiger partial charge in [0.05, 0.1) is 18.6 Å².